The Morgan fingerprint density at radius 3 is 2.62 bits per heavy atom. The lowest BCUT2D eigenvalue weighted by atomic mass is 9.81. The van der Waals surface area contributed by atoms with Crippen molar-refractivity contribution in [2.45, 2.75) is 32.0 Å². The second-order valence-corrected chi connectivity index (χ2v) is 4.56. The summed E-state index contributed by atoms with van der Waals surface area (Å²) in [6.45, 7) is 2.07. The van der Waals surface area contributed by atoms with E-state index < -0.39 is 11.7 Å². The first-order chi connectivity index (χ1) is 7.38. The SMILES string of the molecule is CC1Cc2ccc(C(F)(F)F)cc2C(N)C1. The van der Waals surface area contributed by atoms with Crippen LogP contribution in [0.1, 0.15) is 36.1 Å². The van der Waals surface area contributed by atoms with Crippen molar-refractivity contribution in [3.63, 3.8) is 0 Å². The molecule has 16 heavy (non-hydrogen) atoms. The summed E-state index contributed by atoms with van der Waals surface area (Å²) in [4.78, 5) is 0. The number of benzene rings is 1. The van der Waals surface area contributed by atoms with Crippen LogP contribution in [0.15, 0.2) is 18.2 Å². The molecule has 1 nitrogen and oxygen atoms in total. The summed E-state index contributed by atoms with van der Waals surface area (Å²) >= 11 is 0. The second kappa shape index (κ2) is 3.77. The molecule has 0 saturated heterocycles. The van der Waals surface area contributed by atoms with Gasteiger partial charge < -0.3 is 5.73 Å². The summed E-state index contributed by atoms with van der Waals surface area (Å²) in [5, 5.41) is 0. The highest BCUT2D eigenvalue weighted by Crippen LogP contribution is 2.36. The van der Waals surface area contributed by atoms with Gasteiger partial charge in [0, 0.05) is 6.04 Å². The predicted octanol–water partition coefficient (Wildman–Crippen LogP) is 3.29. The summed E-state index contributed by atoms with van der Waals surface area (Å²) in [5.74, 6) is 0.444. The highest BCUT2D eigenvalue weighted by molar-refractivity contribution is 5.37. The number of hydrogen-bond acceptors (Lipinski definition) is 1. The Balaban J connectivity index is 2.42. The van der Waals surface area contributed by atoms with Crippen molar-refractivity contribution >= 4 is 0 Å². The van der Waals surface area contributed by atoms with Crippen LogP contribution in [0.3, 0.4) is 0 Å². The minimum Gasteiger partial charge on any atom is -0.324 e. The van der Waals surface area contributed by atoms with E-state index in [1.807, 2.05) is 0 Å². The molecule has 1 aliphatic rings. The van der Waals surface area contributed by atoms with Gasteiger partial charge >= 0.3 is 6.18 Å². The van der Waals surface area contributed by atoms with E-state index in [0.29, 0.717) is 11.5 Å². The van der Waals surface area contributed by atoms with Gasteiger partial charge in [-0.05, 0) is 42.0 Å². The fourth-order valence-corrected chi connectivity index (χ4v) is 2.32. The Kier molecular flexibility index (Phi) is 2.70. The third-order valence-electron chi connectivity index (χ3n) is 3.10. The van der Waals surface area contributed by atoms with Crippen molar-refractivity contribution in [3.8, 4) is 0 Å². The van der Waals surface area contributed by atoms with Crippen LogP contribution in [0.2, 0.25) is 0 Å². The molecule has 0 heterocycles. The zero-order valence-corrected chi connectivity index (χ0v) is 9.01. The van der Waals surface area contributed by atoms with E-state index in [2.05, 4.69) is 6.92 Å². The topological polar surface area (TPSA) is 26.0 Å². The molecule has 0 bridgehead atoms. The maximum absolute atomic E-state index is 12.5. The fraction of sp³-hybridized carbons (Fsp3) is 0.500. The number of rotatable bonds is 0. The summed E-state index contributed by atoms with van der Waals surface area (Å²) in [5.41, 5.74) is 6.90. The Morgan fingerprint density at radius 2 is 2.00 bits per heavy atom. The molecule has 2 N–H and O–H groups in total. The lowest BCUT2D eigenvalue weighted by Gasteiger charge is -2.27. The number of alkyl halides is 3. The van der Waals surface area contributed by atoms with E-state index in [4.69, 9.17) is 5.73 Å². The quantitative estimate of drug-likeness (QED) is 0.725. The number of nitrogens with two attached hydrogens (primary N) is 1. The van der Waals surface area contributed by atoms with Crippen LogP contribution in [0.25, 0.3) is 0 Å². The van der Waals surface area contributed by atoms with Gasteiger partial charge in [0.25, 0.3) is 0 Å². The molecule has 2 atom stereocenters. The van der Waals surface area contributed by atoms with E-state index in [-0.39, 0.29) is 6.04 Å². The van der Waals surface area contributed by atoms with Crippen LogP contribution in [-0.4, -0.2) is 0 Å². The third-order valence-corrected chi connectivity index (χ3v) is 3.10. The van der Waals surface area contributed by atoms with E-state index in [1.165, 1.54) is 6.07 Å². The van der Waals surface area contributed by atoms with Crippen molar-refractivity contribution in [1.29, 1.82) is 0 Å². The normalized spacial score (nSPS) is 25.3. The van der Waals surface area contributed by atoms with Crippen LogP contribution in [-0.2, 0) is 12.6 Å². The van der Waals surface area contributed by atoms with Gasteiger partial charge in [-0.25, -0.2) is 0 Å². The first-order valence-corrected chi connectivity index (χ1v) is 5.33. The van der Waals surface area contributed by atoms with Crippen LogP contribution < -0.4 is 5.73 Å². The van der Waals surface area contributed by atoms with Gasteiger partial charge in [-0.15, -0.1) is 0 Å². The third kappa shape index (κ3) is 2.07. The van der Waals surface area contributed by atoms with Gasteiger partial charge in [-0.2, -0.15) is 13.2 Å². The first kappa shape index (κ1) is 11.5. The van der Waals surface area contributed by atoms with Crippen molar-refractivity contribution in [1.82, 2.24) is 0 Å². The highest BCUT2D eigenvalue weighted by atomic mass is 19.4. The number of hydrogen-bond donors (Lipinski definition) is 1. The van der Waals surface area contributed by atoms with Crippen LogP contribution >= 0.6 is 0 Å². The minimum absolute atomic E-state index is 0.263. The summed E-state index contributed by atoms with van der Waals surface area (Å²) in [6.07, 6.45) is -2.70. The molecule has 4 heteroatoms. The molecule has 1 aromatic rings. The molecule has 2 unspecified atom stereocenters. The van der Waals surface area contributed by atoms with Gasteiger partial charge in [0.2, 0.25) is 0 Å². The molecule has 0 aliphatic heterocycles. The van der Waals surface area contributed by atoms with Crippen LogP contribution in [0.5, 0.6) is 0 Å². The molecule has 2 rings (SSSR count). The molecule has 0 radical (unpaired) electrons. The molecule has 1 aliphatic carbocycles. The van der Waals surface area contributed by atoms with Crippen molar-refractivity contribution in [2.75, 3.05) is 0 Å². The summed E-state index contributed by atoms with van der Waals surface area (Å²) < 4.78 is 37.6. The molecule has 0 spiro atoms. The standard InChI is InChI=1S/C12H14F3N/c1-7-4-8-2-3-9(12(13,14)15)6-10(8)11(16)5-7/h2-3,6-7,11H,4-5,16H2,1H3. The smallest absolute Gasteiger partial charge is 0.324 e. The van der Waals surface area contributed by atoms with Crippen molar-refractivity contribution < 1.29 is 13.2 Å². The Morgan fingerprint density at radius 1 is 1.31 bits per heavy atom. The predicted molar refractivity (Wildman–Crippen MR) is 55.9 cm³/mol. The molecule has 0 fully saturated rings. The van der Waals surface area contributed by atoms with Crippen molar-refractivity contribution in [3.05, 3.63) is 34.9 Å². The van der Waals surface area contributed by atoms with Crippen LogP contribution in [0, 0.1) is 5.92 Å². The van der Waals surface area contributed by atoms with E-state index in [0.717, 1.165) is 24.5 Å². The molecule has 0 amide bonds. The largest absolute Gasteiger partial charge is 0.416 e. The molecular weight excluding hydrogens is 215 g/mol. The fourth-order valence-electron chi connectivity index (χ4n) is 2.32. The lowest BCUT2D eigenvalue weighted by molar-refractivity contribution is -0.137. The molecule has 0 saturated carbocycles. The average molecular weight is 229 g/mol. The zero-order chi connectivity index (χ0) is 11.9. The van der Waals surface area contributed by atoms with E-state index in [9.17, 15) is 13.2 Å². The van der Waals surface area contributed by atoms with Gasteiger partial charge in [0.1, 0.15) is 0 Å². The zero-order valence-electron chi connectivity index (χ0n) is 9.01. The van der Waals surface area contributed by atoms with Gasteiger partial charge in [-0.1, -0.05) is 13.0 Å². The Bertz CT molecular complexity index is 398. The molecular formula is C12H14F3N. The molecule has 0 aromatic heterocycles. The van der Waals surface area contributed by atoms with Gasteiger partial charge in [0.15, 0.2) is 0 Å². The van der Waals surface area contributed by atoms with E-state index in [1.54, 1.807) is 6.07 Å². The molecule has 88 valence electrons. The number of halogens is 3. The number of fused-ring (bicyclic) bond motifs is 1. The van der Waals surface area contributed by atoms with E-state index >= 15 is 0 Å². The monoisotopic (exact) mass is 229 g/mol. The van der Waals surface area contributed by atoms with Gasteiger partial charge in [-0.3, -0.25) is 0 Å². The Hall–Kier alpha value is -1.03. The lowest BCUT2D eigenvalue weighted by Crippen LogP contribution is -2.23. The average Bonchev–Trinajstić information content (AvgIpc) is 2.15. The Labute approximate surface area is 92.5 Å². The highest BCUT2D eigenvalue weighted by Gasteiger charge is 2.32. The molecule has 1 aromatic carbocycles. The maximum atomic E-state index is 12.5. The van der Waals surface area contributed by atoms with Gasteiger partial charge in [0.05, 0.1) is 5.56 Å². The summed E-state index contributed by atoms with van der Waals surface area (Å²) in [6, 6.07) is 3.64. The van der Waals surface area contributed by atoms with Crippen molar-refractivity contribution in [2.24, 2.45) is 11.7 Å². The summed E-state index contributed by atoms with van der Waals surface area (Å²) in [7, 11) is 0. The maximum Gasteiger partial charge on any atom is 0.416 e. The minimum atomic E-state index is -4.28. The first-order valence-electron chi connectivity index (χ1n) is 5.33. The second-order valence-electron chi connectivity index (χ2n) is 4.56. The van der Waals surface area contributed by atoms with Crippen LogP contribution in [0.4, 0.5) is 13.2 Å².